The van der Waals surface area contributed by atoms with Gasteiger partial charge in [0.1, 0.15) is 11.8 Å². The van der Waals surface area contributed by atoms with Gasteiger partial charge >= 0.3 is 0 Å². The normalized spacial score (nSPS) is 15.6. The summed E-state index contributed by atoms with van der Waals surface area (Å²) in [5.41, 5.74) is 1.32. The number of carbonyl (C=O) groups is 2. The van der Waals surface area contributed by atoms with Crippen LogP contribution in [0.3, 0.4) is 0 Å². The van der Waals surface area contributed by atoms with Crippen molar-refractivity contribution in [1.29, 1.82) is 0 Å². The number of amides is 2. The van der Waals surface area contributed by atoms with E-state index in [0.29, 0.717) is 34.3 Å². The van der Waals surface area contributed by atoms with Crippen molar-refractivity contribution in [3.05, 3.63) is 84.4 Å². The zero-order valence-corrected chi connectivity index (χ0v) is 19.9. The lowest BCUT2D eigenvalue weighted by atomic mass is 10.1. The van der Waals surface area contributed by atoms with Crippen molar-refractivity contribution in [2.45, 2.75) is 10.9 Å². The Hall–Kier alpha value is -3.50. The quantitative estimate of drug-likeness (QED) is 0.516. The average Bonchev–Trinajstić information content (AvgIpc) is 3.35. The van der Waals surface area contributed by atoms with Crippen LogP contribution in [0.4, 0.5) is 11.4 Å². The first-order chi connectivity index (χ1) is 16.4. The molecule has 8 nitrogen and oxygen atoms in total. The van der Waals surface area contributed by atoms with Crippen molar-refractivity contribution in [2.24, 2.45) is 0 Å². The Balaban J connectivity index is 1.42. The molecule has 1 aliphatic heterocycles. The van der Waals surface area contributed by atoms with E-state index >= 15 is 0 Å². The number of benzene rings is 3. The zero-order valence-electron chi connectivity index (χ0n) is 18.3. The summed E-state index contributed by atoms with van der Waals surface area (Å²) in [5.74, 6) is 0.999. The van der Waals surface area contributed by atoms with Gasteiger partial charge in [0.25, 0.3) is 15.9 Å². The van der Waals surface area contributed by atoms with Crippen LogP contribution in [-0.4, -0.2) is 49.9 Å². The molecule has 1 heterocycles. The summed E-state index contributed by atoms with van der Waals surface area (Å²) in [6.45, 7) is 0. The molecule has 3 aromatic rings. The molecule has 1 atom stereocenters. The molecule has 0 radical (unpaired) electrons. The molecule has 2 amide bonds. The van der Waals surface area contributed by atoms with E-state index in [-0.39, 0.29) is 16.7 Å². The van der Waals surface area contributed by atoms with Crippen LogP contribution in [0.25, 0.3) is 0 Å². The molecule has 1 fully saturated rings. The summed E-state index contributed by atoms with van der Waals surface area (Å²) in [4.78, 5) is 27.6. The summed E-state index contributed by atoms with van der Waals surface area (Å²) in [6, 6.07) is 20.5. The van der Waals surface area contributed by atoms with Gasteiger partial charge in [0, 0.05) is 22.7 Å². The van der Waals surface area contributed by atoms with Gasteiger partial charge in [-0.2, -0.15) is 0 Å². The lowest BCUT2D eigenvalue weighted by Gasteiger charge is -2.23. The number of methoxy groups -OCH3 is 1. The molecule has 1 saturated heterocycles. The van der Waals surface area contributed by atoms with Crippen molar-refractivity contribution in [3.8, 4) is 5.75 Å². The summed E-state index contributed by atoms with van der Waals surface area (Å²) < 4.78 is 32.6. The maximum Gasteiger partial charge on any atom is 0.261 e. The highest BCUT2D eigenvalue weighted by Crippen LogP contribution is 2.26. The molecule has 4 rings (SSSR count). The van der Waals surface area contributed by atoms with Crippen LogP contribution in [0.5, 0.6) is 5.75 Å². The second kappa shape index (κ2) is 10.2. The Labute approximate surface area is 202 Å². The van der Waals surface area contributed by atoms with Crippen molar-refractivity contribution in [1.82, 2.24) is 4.90 Å². The van der Waals surface area contributed by atoms with Crippen molar-refractivity contribution in [2.75, 3.05) is 28.8 Å². The van der Waals surface area contributed by atoms with Crippen LogP contribution < -0.4 is 14.8 Å². The minimum absolute atomic E-state index is 0.148. The second-order valence-electron chi connectivity index (χ2n) is 7.50. The number of hydrogen-bond donors (Lipinski definition) is 2. The molecule has 1 unspecified atom stereocenters. The molecule has 0 saturated carbocycles. The maximum atomic E-state index is 13.1. The minimum Gasteiger partial charge on any atom is -0.497 e. The Bertz CT molecular complexity index is 1260. The monoisotopic (exact) mass is 497 g/mol. The summed E-state index contributed by atoms with van der Waals surface area (Å²) >= 11 is 1.50. The number of carbonyl (C=O) groups excluding carboxylic acids is 2. The minimum atomic E-state index is -3.73. The van der Waals surface area contributed by atoms with Crippen molar-refractivity contribution >= 4 is 45.0 Å². The topological polar surface area (TPSA) is 105 Å². The average molecular weight is 498 g/mol. The van der Waals surface area contributed by atoms with Crippen LogP contribution in [-0.2, 0) is 14.8 Å². The second-order valence-corrected chi connectivity index (χ2v) is 10.2. The van der Waals surface area contributed by atoms with E-state index in [4.69, 9.17) is 4.74 Å². The van der Waals surface area contributed by atoms with Gasteiger partial charge in [-0.3, -0.25) is 14.3 Å². The van der Waals surface area contributed by atoms with E-state index in [1.165, 1.54) is 40.9 Å². The first-order valence-corrected chi connectivity index (χ1v) is 13.0. The number of hydrogen-bond acceptors (Lipinski definition) is 6. The van der Waals surface area contributed by atoms with Gasteiger partial charge in [0.2, 0.25) is 5.91 Å². The predicted octanol–water partition coefficient (Wildman–Crippen LogP) is 3.65. The fourth-order valence-corrected chi connectivity index (χ4v) is 5.65. The predicted molar refractivity (Wildman–Crippen MR) is 133 cm³/mol. The van der Waals surface area contributed by atoms with Gasteiger partial charge < -0.3 is 15.0 Å². The van der Waals surface area contributed by atoms with Gasteiger partial charge in [-0.15, -0.1) is 11.8 Å². The highest BCUT2D eigenvalue weighted by Gasteiger charge is 2.35. The lowest BCUT2D eigenvalue weighted by Crippen LogP contribution is -2.44. The first kappa shape index (κ1) is 23.7. The van der Waals surface area contributed by atoms with Crippen molar-refractivity contribution in [3.63, 3.8) is 0 Å². The van der Waals surface area contributed by atoms with E-state index < -0.39 is 16.1 Å². The molecule has 10 heteroatoms. The van der Waals surface area contributed by atoms with Crippen LogP contribution in [0.1, 0.15) is 10.4 Å². The number of thioether (sulfide) groups is 1. The SMILES string of the molecule is COc1ccc(NC(=O)C2CSCN2C(=O)c2ccc(NS(=O)(=O)c3ccccc3)cc2)cc1. The van der Waals surface area contributed by atoms with Gasteiger partial charge in [-0.25, -0.2) is 8.42 Å². The van der Waals surface area contributed by atoms with Crippen LogP contribution in [0.2, 0.25) is 0 Å². The largest absolute Gasteiger partial charge is 0.497 e. The molecular formula is C24H23N3O5S2. The fourth-order valence-electron chi connectivity index (χ4n) is 3.42. The molecule has 2 N–H and O–H groups in total. The van der Waals surface area contributed by atoms with Gasteiger partial charge in [0.15, 0.2) is 0 Å². The number of sulfonamides is 1. The maximum absolute atomic E-state index is 13.1. The van der Waals surface area contributed by atoms with Crippen LogP contribution >= 0.6 is 11.8 Å². The summed E-state index contributed by atoms with van der Waals surface area (Å²) in [5, 5.41) is 2.84. The third kappa shape index (κ3) is 5.35. The molecule has 0 bridgehead atoms. The molecule has 0 aromatic heterocycles. The number of nitrogens with zero attached hydrogens (tertiary/aromatic N) is 1. The van der Waals surface area contributed by atoms with Gasteiger partial charge in [0.05, 0.1) is 17.9 Å². The first-order valence-electron chi connectivity index (χ1n) is 10.4. The van der Waals surface area contributed by atoms with Crippen molar-refractivity contribution < 1.29 is 22.7 Å². The van der Waals surface area contributed by atoms with Crippen LogP contribution in [0, 0.1) is 0 Å². The lowest BCUT2D eigenvalue weighted by molar-refractivity contribution is -0.119. The van der Waals surface area contributed by atoms with E-state index in [0.717, 1.165) is 0 Å². The number of nitrogens with one attached hydrogen (secondary N) is 2. The molecule has 3 aromatic carbocycles. The Morgan fingerprint density at radius 1 is 0.941 bits per heavy atom. The van der Waals surface area contributed by atoms with E-state index in [1.54, 1.807) is 61.7 Å². The molecular weight excluding hydrogens is 474 g/mol. The Kier molecular flexibility index (Phi) is 7.09. The van der Waals surface area contributed by atoms with E-state index in [2.05, 4.69) is 10.0 Å². The number of anilines is 2. The standard InChI is InChI=1S/C24H23N3O5S2/c1-32-20-13-11-18(12-14-20)25-23(28)22-15-33-16-27(22)24(29)17-7-9-19(10-8-17)26-34(30,31)21-5-3-2-4-6-21/h2-14,22,26H,15-16H2,1H3,(H,25,28). The fraction of sp³-hybridized carbons (Fsp3) is 0.167. The van der Waals surface area contributed by atoms with Crippen LogP contribution in [0.15, 0.2) is 83.8 Å². The van der Waals surface area contributed by atoms with Gasteiger partial charge in [-0.1, -0.05) is 18.2 Å². The van der Waals surface area contributed by atoms with Gasteiger partial charge in [-0.05, 0) is 60.7 Å². The molecule has 176 valence electrons. The van der Waals surface area contributed by atoms with E-state index in [1.807, 2.05) is 0 Å². The number of ether oxygens (including phenoxy) is 1. The third-order valence-corrected chi connectivity index (χ3v) is 7.65. The molecule has 0 spiro atoms. The van der Waals surface area contributed by atoms with E-state index in [9.17, 15) is 18.0 Å². The number of rotatable bonds is 7. The Morgan fingerprint density at radius 3 is 2.24 bits per heavy atom. The summed E-state index contributed by atoms with van der Waals surface area (Å²) in [6.07, 6.45) is 0. The highest BCUT2D eigenvalue weighted by molar-refractivity contribution is 7.99. The molecule has 34 heavy (non-hydrogen) atoms. The summed E-state index contributed by atoms with van der Waals surface area (Å²) in [7, 11) is -2.16. The smallest absolute Gasteiger partial charge is 0.261 e. The molecule has 1 aliphatic rings. The third-order valence-electron chi connectivity index (χ3n) is 5.24. The zero-order chi connectivity index (χ0) is 24.1. The Morgan fingerprint density at radius 2 is 1.59 bits per heavy atom. The molecule has 0 aliphatic carbocycles. The highest BCUT2D eigenvalue weighted by atomic mass is 32.2.